The molecular weight excluding hydrogens is 336 g/mol. The number of aromatic nitrogens is 1. The van der Waals surface area contributed by atoms with Gasteiger partial charge in [0.15, 0.2) is 0 Å². The molecule has 0 radical (unpaired) electrons. The highest BCUT2D eigenvalue weighted by Gasteiger charge is 2.36. The molecule has 0 spiro atoms. The van der Waals surface area contributed by atoms with Crippen molar-refractivity contribution in [3.8, 4) is 0 Å². The van der Waals surface area contributed by atoms with Gasteiger partial charge in [-0.15, -0.1) is 11.3 Å². The Bertz CT molecular complexity index is 740. The predicted molar refractivity (Wildman–Crippen MR) is 94.9 cm³/mol. The fraction of sp³-hybridized carbons (Fsp3) is 0.474. The minimum Gasteiger partial charge on any atom is -0.393 e. The van der Waals surface area contributed by atoms with Crippen molar-refractivity contribution in [1.29, 1.82) is 0 Å². The zero-order chi connectivity index (χ0) is 17.2. The molecule has 4 rings (SSSR count). The Morgan fingerprint density at radius 1 is 1.40 bits per heavy atom. The zero-order valence-electron chi connectivity index (χ0n) is 14.1. The Kier molecular flexibility index (Phi) is 4.83. The third kappa shape index (κ3) is 3.76. The maximum Gasteiger partial charge on any atom is 0.226 e. The molecule has 1 aliphatic carbocycles. The SMILES string of the molecule is O=C(C1CC(O)C1)N1CCc2sc(COCc3cccnc3)cc2C1. The Morgan fingerprint density at radius 2 is 2.28 bits per heavy atom. The number of hydrogen-bond acceptors (Lipinski definition) is 5. The molecule has 0 aromatic carbocycles. The normalized spacial score (nSPS) is 22.4. The van der Waals surface area contributed by atoms with E-state index in [1.165, 1.54) is 15.3 Å². The first kappa shape index (κ1) is 16.7. The lowest BCUT2D eigenvalue weighted by molar-refractivity contribution is -0.143. The summed E-state index contributed by atoms with van der Waals surface area (Å²) in [5, 5.41) is 9.40. The van der Waals surface area contributed by atoms with E-state index < -0.39 is 0 Å². The fourth-order valence-electron chi connectivity index (χ4n) is 3.45. The molecule has 1 fully saturated rings. The van der Waals surface area contributed by atoms with Crippen LogP contribution in [0.5, 0.6) is 0 Å². The predicted octanol–water partition coefficient (Wildman–Crippen LogP) is 2.52. The minimum atomic E-state index is -0.279. The molecule has 2 aliphatic rings. The van der Waals surface area contributed by atoms with Gasteiger partial charge in [0.25, 0.3) is 0 Å². The number of rotatable bonds is 5. The van der Waals surface area contributed by atoms with Crippen molar-refractivity contribution in [3.63, 3.8) is 0 Å². The molecule has 0 unspecified atom stereocenters. The van der Waals surface area contributed by atoms with Crippen LogP contribution in [-0.4, -0.2) is 33.5 Å². The highest BCUT2D eigenvalue weighted by atomic mass is 32.1. The van der Waals surface area contributed by atoms with Crippen LogP contribution in [0.3, 0.4) is 0 Å². The van der Waals surface area contributed by atoms with Gasteiger partial charge >= 0.3 is 0 Å². The molecule has 5 nitrogen and oxygen atoms in total. The summed E-state index contributed by atoms with van der Waals surface area (Å²) in [5.74, 6) is 0.231. The number of aliphatic hydroxyl groups excluding tert-OH is 1. The van der Waals surface area contributed by atoms with E-state index >= 15 is 0 Å². The summed E-state index contributed by atoms with van der Waals surface area (Å²) in [4.78, 5) is 21.1. The fourth-order valence-corrected chi connectivity index (χ4v) is 4.56. The van der Waals surface area contributed by atoms with E-state index in [4.69, 9.17) is 4.74 Å². The minimum absolute atomic E-state index is 0.0254. The topological polar surface area (TPSA) is 62.7 Å². The summed E-state index contributed by atoms with van der Waals surface area (Å²) in [7, 11) is 0. The van der Waals surface area contributed by atoms with Gasteiger partial charge in [0.05, 0.1) is 19.3 Å². The summed E-state index contributed by atoms with van der Waals surface area (Å²) in [5.41, 5.74) is 2.33. The summed E-state index contributed by atoms with van der Waals surface area (Å²) in [6.45, 7) is 2.63. The number of amides is 1. The molecular formula is C19H22N2O3S. The van der Waals surface area contributed by atoms with E-state index in [0.29, 0.717) is 32.6 Å². The monoisotopic (exact) mass is 358 g/mol. The summed E-state index contributed by atoms with van der Waals surface area (Å²) in [6.07, 6.45) is 5.47. The Labute approximate surface area is 151 Å². The van der Waals surface area contributed by atoms with Crippen molar-refractivity contribution >= 4 is 17.2 Å². The van der Waals surface area contributed by atoms with Crippen LogP contribution in [0.4, 0.5) is 0 Å². The van der Waals surface area contributed by atoms with Crippen LogP contribution >= 0.6 is 11.3 Å². The third-order valence-electron chi connectivity index (χ3n) is 4.93. The molecule has 0 saturated heterocycles. The molecule has 1 saturated carbocycles. The molecule has 25 heavy (non-hydrogen) atoms. The van der Waals surface area contributed by atoms with Gasteiger partial charge in [-0.05, 0) is 42.5 Å². The first-order valence-corrected chi connectivity index (χ1v) is 9.54. The van der Waals surface area contributed by atoms with E-state index in [-0.39, 0.29) is 17.9 Å². The Hall–Kier alpha value is -1.76. The van der Waals surface area contributed by atoms with Crippen molar-refractivity contribution in [2.24, 2.45) is 5.92 Å². The van der Waals surface area contributed by atoms with Crippen LogP contribution in [0.1, 0.15) is 33.7 Å². The number of pyridine rings is 1. The Morgan fingerprint density at radius 3 is 3.04 bits per heavy atom. The zero-order valence-corrected chi connectivity index (χ0v) is 14.9. The van der Waals surface area contributed by atoms with E-state index in [1.807, 2.05) is 23.2 Å². The lowest BCUT2D eigenvalue weighted by Gasteiger charge is -2.36. The van der Waals surface area contributed by atoms with Crippen LogP contribution in [0.2, 0.25) is 0 Å². The van der Waals surface area contributed by atoms with E-state index in [0.717, 1.165) is 18.5 Å². The molecule has 6 heteroatoms. The molecule has 0 bridgehead atoms. The number of nitrogens with zero attached hydrogens (tertiary/aromatic N) is 2. The first-order chi connectivity index (χ1) is 12.2. The average molecular weight is 358 g/mol. The number of carbonyl (C=O) groups is 1. The second-order valence-corrected chi connectivity index (χ2v) is 8.07. The Balaban J connectivity index is 1.32. The highest BCUT2D eigenvalue weighted by Crippen LogP contribution is 2.33. The second-order valence-electron chi connectivity index (χ2n) is 6.85. The van der Waals surface area contributed by atoms with Crippen molar-refractivity contribution in [1.82, 2.24) is 9.88 Å². The van der Waals surface area contributed by atoms with Crippen LogP contribution in [0.15, 0.2) is 30.6 Å². The van der Waals surface area contributed by atoms with Crippen LogP contribution in [0.25, 0.3) is 0 Å². The number of fused-ring (bicyclic) bond motifs is 1. The molecule has 1 aliphatic heterocycles. The van der Waals surface area contributed by atoms with Gasteiger partial charge in [0.1, 0.15) is 0 Å². The summed E-state index contributed by atoms with van der Waals surface area (Å²) in [6, 6.07) is 6.10. The molecule has 2 aromatic heterocycles. The van der Waals surface area contributed by atoms with Gasteiger partial charge in [-0.1, -0.05) is 6.07 Å². The maximum absolute atomic E-state index is 12.5. The van der Waals surface area contributed by atoms with Crippen LogP contribution in [-0.2, 0) is 35.7 Å². The van der Waals surface area contributed by atoms with Gasteiger partial charge < -0.3 is 14.7 Å². The summed E-state index contributed by atoms with van der Waals surface area (Å²) < 4.78 is 5.80. The van der Waals surface area contributed by atoms with Crippen molar-refractivity contribution < 1.29 is 14.6 Å². The van der Waals surface area contributed by atoms with Crippen molar-refractivity contribution in [2.75, 3.05) is 6.54 Å². The third-order valence-corrected chi connectivity index (χ3v) is 6.14. The number of thiophene rings is 1. The molecule has 1 N–H and O–H groups in total. The smallest absolute Gasteiger partial charge is 0.226 e. The number of hydrogen-bond donors (Lipinski definition) is 1. The summed E-state index contributed by atoms with van der Waals surface area (Å²) >= 11 is 1.79. The lowest BCUT2D eigenvalue weighted by Crippen LogP contribution is -2.45. The standard InChI is InChI=1S/C19H22N2O3S/c22-16-6-14(7-16)19(23)21-5-3-18-15(10-21)8-17(25-18)12-24-11-13-2-1-4-20-9-13/h1-2,4,8-9,14,16,22H,3,5-7,10-12H2. The van der Waals surface area contributed by atoms with E-state index in [9.17, 15) is 9.90 Å². The first-order valence-electron chi connectivity index (χ1n) is 8.73. The lowest BCUT2D eigenvalue weighted by atomic mass is 9.81. The van der Waals surface area contributed by atoms with Crippen molar-refractivity contribution in [2.45, 2.75) is 45.1 Å². The molecule has 2 aromatic rings. The quantitative estimate of drug-likeness (QED) is 0.892. The average Bonchev–Trinajstić information content (AvgIpc) is 3.01. The second kappa shape index (κ2) is 7.23. The van der Waals surface area contributed by atoms with E-state index in [2.05, 4.69) is 11.1 Å². The van der Waals surface area contributed by atoms with E-state index in [1.54, 1.807) is 17.5 Å². The highest BCUT2D eigenvalue weighted by molar-refractivity contribution is 7.12. The largest absolute Gasteiger partial charge is 0.393 e. The number of aliphatic hydroxyl groups is 1. The van der Waals surface area contributed by atoms with Gasteiger partial charge in [0, 0.05) is 41.2 Å². The maximum atomic E-state index is 12.5. The van der Waals surface area contributed by atoms with Crippen LogP contribution < -0.4 is 0 Å². The molecule has 132 valence electrons. The number of ether oxygens (including phenoxy) is 1. The van der Waals surface area contributed by atoms with Crippen molar-refractivity contribution in [3.05, 3.63) is 51.5 Å². The van der Waals surface area contributed by atoms with Gasteiger partial charge in [-0.25, -0.2) is 0 Å². The molecule has 3 heterocycles. The number of carbonyl (C=O) groups excluding carboxylic acids is 1. The van der Waals surface area contributed by atoms with Crippen LogP contribution in [0, 0.1) is 5.92 Å². The van der Waals surface area contributed by atoms with Gasteiger partial charge in [-0.3, -0.25) is 9.78 Å². The van der Waals surface area contributed by atoms with Gasteiger partial charge in [0.2, 0.25) is 5.91 Å². The van der Waals surface area contributed by atoms with Gasteiger partial charge in [-0.2, -0.15) is 0 Å². The molecule has 0 atom stereocenters. The molecule has 1 amide bonds.